The van der Waals surface area contributed by atoms with E-state index in [-0.39, 0.29) is 29.9 Å². The Morgan fingerprint density at radius 2 is 2.05 bits per heavy atom. The van der Waals surface area contributed by atoms with E-state index in [2.05, 4.69) is 20.4 Å². The maximum atomic E-state index is 10.9. The van der Waals surface area contributed by atoms with Gasteiger partial charge in [-0.15, -0.1) is 24.0 Å². The molecular formula is C15H30IN3O3. The maximum absolute atomic E-state index is 10.9. The lowest BCUT2D eigenvalue weighted by atomic mass is 10.1. The number of halogens is 1. The standard InChI is InChI=1S/C15H29N3O3.HI/c1-16-15(18-12-13-8-7-11-21-13)17-10-6-4-3-5-9-14(19)20-2;/h13H,3-12H2,1-2H3,(H2,16,17,18);1H. The molecule has 130 valence electrons. The summed E-state index contributed by atoms with van der Waals surface area (Å²) in [5.74, 6) is 0.715. The van der Waals surface area contributed by atoms with Gasteiger partial charge in [0.25, 0.3) is 0 Å². The molecule has 0 aromatic rings. The summed E-state index contributed by atoms with van der Waals surface area (Å²) in [7, 11) is 3.21. The van der Waals surface area contributed by atoms with Gasteiger partial charge in [-0.1, -0.05) is 12.8 Å². The van der Waals surface area contributed by atoms with Crippen molar-refractivity contribution in [2.24, 2.45) is 4.99 Å². The monoisotopic (exact) mass is 427 g/mol. The fraction of sp³-hybridized carbons (Fsp3) is 0.867. The smallest absolute Gasteiger partial charge is 0.305 e. The number of methoxy groups -OCH3 is 1. The number of nitrogens with zero attached hydrogens (tertiary/aromatic N) is 1. The number of rotatable bonds is 9. The molecule has 0 bridgehead atoms. The normalized spacial score (nSPS) is 17.7. The van der Waals surface area contributed by atoms with Crippen LogP contribution in [0, 0.1) is 0 Å². The molecule has 1 atom stereocenters. The Labute approximate surface area is 150 Å². The third kappa shape index (κ3) is 10.2. The summed E-state index contributed by atoms with van der Waals surface area (Å²) in [5.41, 5.74) is 0. The number of carbonyl (C=O) groups is 1. The van der Waals surface area contributed by atoms with Crippen LogP contribution in [0.15, 0.2) is 4.99 Å². The molecule has 22 heavy (non-hydrogen) atoms. The second-order valence-electron chi connectivity index (χ2n) is 5.26. The molecule has 1 saturated heterocycles. The van der Waals surface area contributed by atoms with Crippen molar-refractivity contribution in [2.75, 3.05) is 33.9 Å². The van der Waals surface area contributed by atoms with E-state index in [4.69, 9.17) is 4.74 Å². The number of guanidine groups is 1. The van der Waals surface area contributed by atoms with Crippen molar-refractivity contribution >= 4 is 35.9 Å². The van der Waals surface area contributed by atoms with Crippen molar-refractivity contribution in [3.63, 3.8) is 0 Å². The van der Waals surface area contributed by atoms with E-state index in [9.17, 15) is 4.79 Å². The number of esters is 1. The highest BCUT2D eigenvalue weighted by Gasteiger charge is 2.15. The van der Waals surface area contributed by atoms with Gasteiger partial charge in [-0.05, 0) is 25.7 Å². The van der Waals surface area contributed by atoms with Gasteiger partial charge in [-0.3, -0.25) is 9.79 Å². The molecular weight excluding hydrogens is 397 g/mol. The second-order valence-corrected chi connectivity index (χ2v) is 5.26. The first-order valence-corrected chi connectivity index (χ1v) is 7.89. The molecule has 0 radical (unpaired) electrons. The summed E-state index contributed by atoms with van der Waals surface area (Å²) in [6.07, 6.45) is 7.26. The van der Waals surface area contributed by atoms with E-state index in [1.807, 2.05) is 0 Å². The highest BCUT2D eigenvalue weighted by Crippen LogP contribution is 2.10. The predicted molar refractivity (Wildman–Crippen MR) is 98.9 cm³/mol. The van der Waals surface area contributed by atoms with Crippen LogP contribution >= 0.6 is 24.0 Å². The quantitative estimate of drug-likeness (QED) is 0.194. The molecule has 7 heteroatoms. The van der Waals surface area contributed by atoms with Crippen LogP contribution in [0.4, 0.5) is 0 Å². The number of hydrogen-bond acceptors (Lipinski definition) is 4. The Kier molecular flexibility index (Phi) is 13.7. The van der Waals surface area contributed by atoms with E-state index in [1.54, 1.807) is 7.05 Å². The van der Waals surface area contributed by atoms with Crippen LogP contribution < -0.4 is 10.6 Å². The summed E-state index contributed by atoms with van der Waals surface area (Å²) >= 11 is 0. The molecule has 1 heterocycles. The van der Waals surface area contributed by atoms with Crippen molar-refractivity contribution in [3.05, 3.63) is 0 Å². The number of nitrogens with one attached hydrogen (secondary N) is 2. The predicted octanol–water partition coefficient (Wildman–Crippen LogP) is 2.07. The zero-order valence-corrected chi connectivity index (χ0v) is 16.1. The molecule has 1 fully saturated rings. The topological polar surface area (TPSA) is 72.0 Å². The summed E-state index contributed by atoms with van der Waals surface area (Å²) < 4.78 is 10.2. The van der Waals surface area contributed by atoms with Crippen LogP contribution in [-0.2, 0) is 14.3 Å². The first kappa shape index (κ1) is 21.4. The lowest BCUT2D eigenvalue weighted by Gasteiger charge is -2.14. The summed E-state index contributed by atoms with van der Waals surface area (Å²) in [5, 5.41) is 6.58. The molecule has 1 aliphatic heterocycles. The zero-order valence-electron chi connectivity index (χ0n) is 13.7. The number of aliphatic imine (C=N–C) groups is 1. The molecule has 1 rings (SSSR count). The van der Waals surface area contributed by atoms with Crippen LogP contribution in [0.5, 0.6) is 0 Å². The fourth-order valence-electron chi connectivity index (χ4n) is 2.29. The number of carbonyl (C=O) groups excluding carboxylic acids is 1. The van der Waals surface area contributed by atoms with Gasteiger partial charge in [0.2, 0.25) is 0 Å². The Balaban J connectivity index is 0.00000441. The van der Waals surface area contributed by atoms with Gasteiger partial charge in [-0.25, -0.2) is 0 Å². The average Bonchev–Trinajstić information content (AvgIpc) is 3.02. The van der Waals surface area contributed by atoms with Crippen molar-refractivity contribution in [3.8, 4) is 0 Å². The Hall–Kier alpha value is -0.570. The minimum Gasteiger partial charge on any atom is -0.469 e. The summed E-state index contributed by atoms with van der Waals surface area (Å²) in [6, 6.07) is 0. The molecule has 0 aliphatic carbocycles. The van der Waals surface area contributed by atoms with E-state index in [0.29, 0.717) is 12.5 Å². The minimum absolute atomic E-state index is 0. The van der Waals surface area contributed by atoms with Crippen LogP contribution in [0.3, 0.4) is 0 Å². The molecule has 0 spiro atoms. The van der Waals surface area contributed by atoms with Gasteiger partial charge in [0.05, 0.1) is 13.2 Å². The Bertz CT molecular complexity index is 321. The number of hydrogen-bond donors (Lipinski definition) is 2. The maximum Gasteiger partial charge on any atom is 0.305 e. The van der Waals surface area contributed by atoms with Gasteiger partial charge in [0.15, 0.2) is 5.96 Å². The van der Waals surface area contributed by atoms with Crippen LogP contribution in [0.1, 0.15) is 44.9 Å². The van der Waals surface area contributed by atoms with Crippen LogP contribution in [-0.4, -0.2) is 51.9 Å². The van der Waals surface area contributed by atoms with E-state index in [1.165, 1.54) is 7.11 Å². The highest BCUT2D eigenvalue weighted by atomic mass is 127. The molecule has 1 aliphatic rings. The Morgan fingerprint density at radius 1 is 1.27 bits per heavy atom. The van der Waals surface area contributed by atoms with E-state index >= 15 is 0 Å². The molecule has 0 aromatic carbocycles. The Morgan fingerprint density at radius 3 is 2.68 bits per heavy atom. The van der Waals surface area contributed by atoms with Crippen molar-refractivity contribution < 1.29 is 14.3 Å². The largest absolute Gasteiger partial charge is 0.469 e. The van der Waals surface area contributed by atoms with Crippen LogP contribution in [0.25, 0.3) is 0 Å². The van der Waals surface area contributed by atoms with E-state index in [0.717, 1.165) is 64.2 Å². The summed E-state index contributed by atoms with van der Waals surface area (Å²) in [4.78, 5) is 15.1. The third-order valence-electron chi connectivity index (χ3n) is 3.57. The third-order valence-corrected chi connectivity index (χ3v) is 3.57. The van der Waals surface area contributed by atoms with Crippen LogP contribution in [0.2, 0.25) is 0 Å². The van der Waals surface area contributed by atoms with Gasteiger partial charge in [0.1, 0.15) is 0 Å². The fourth-order valence-corrected chi connectivity index (χ4v) is 2.29. The number of ether oxygens (including phenoxy) is 2. The summed E-state index contributed by atoms with van der Waals surface area (Å²) in [6.45, 7) is 2.59. The van der Waals surface area contributed by atoms with Crippen molar-refractivity contribution in [2.45, 2.75) is 51.0 Å². The zero-order chi connectivity index (χ0) is 15.3. The van der Waals surface area contributed by atoms with Crippen molar-refractivity contribution in [1.29, 1.82) is 0 Å². The lowest BCUT2D eigenvalue weighted by molar-refractivity contribution is -0.140. The highest BCUT2D eigenvalue weighted by molar-refractivity contribution is 14.0. The SMILES string of the molecule is CN=C(NCCCCCCC(=O)OC)NCC1CCCO1.I. The van der Waals surface area contributed by atoms with Gasteiger partial charge < -0.3 is 20.1 Å². The first-order valence-electron chi connectivity index (χ1n) is 7.89. The molecule has 1 unspecified atom stereocenters. The average molecular weight is 427 g/mol. The van der Waals surface area contributed by atoms with Gasteiger partial charge in [0, 0.05) is 33.2 Å². The first-order chi connectivity index (χ1) is 10.3. The molecule has 0 amide bonds. The minimum atomic E-state index is -0.119. The van der Waals surface area contributed by atoms with Crippen molar-refractivity contribution in [1.82, 2.24) is 10.6 Å². The van der Waals surface area contributed by atoms with Gasteiger partial charge >= 0.3 is 5.97 Å². The van der Waals surface area contributed by atoms with Gasteiger partial charge in [-0.2, -0.15) is 0 Å². The molecule has 0 saturated carbocycles. The van der Waals surface area contributed by atoms with E-state index < -0.39 is 0 Å². The number of unbranched alkanes of at least 4 members (excludes halogenated alkanes) is 3. The second kappa shape index (κ2) is 14.0. The molecule has 2 N–H and O–H groups in total. The molecule has 0 aromatic heterocycles. The molecule has 6 nitrogen and oxygen atoms in total. The lowest BCUT2D eigenvalue weighted by Crippen LogP contribution is -2.41.